The lowest BCUT2D eigenvalue weighted by Crippen LogP contribution is -2.17. The van der Waals surface area contributed by atoms with Gasteiger partial charge in [0.1, 0.15) is 11.6 Å². The van der Waals surface area contributed by atoms with Gasteiger partial charge in [0.25, 0.3) is 5.56 Å². The van der Waals surface area contributed by atoms with Crippen LogP contribution in [0.5, 0.6) is 5.75 Å². The average Bonchev–Trinajstić information content (AvgIpc) is 3.35. The first-order valence-electron chi connectivity index (χ1n) is 10.1. The van der Waals surface area contributed by atoms with Crippen molar-refractivity contribution in [1.82, 2.24) is 19.5 Å². The molecule has 1 aliphatic rings. The molecule has 2 heterocycles. The molecule has 1 aliphatic carbocycles. The predicted molar refractivity (Wildman–Crippen MR) is 110 cm³/mol. The molecule has 0 atom stereocenters. The van der Waals surface area contributed by atoms with Gasteiger partial charge in [0.05, 0.1) is 7.11 Å². The molecule has 1 saturated carbocycles. The molecule has 0 aliphatic heterocycles. The van der Waals surface area contributed by atoms with Crippen LogP contribution in [0.1, 0.15) is 56.3 Å². The fourth-order valence-corrected chi connectivity index (χ4v) is 4.12. The van der Waals surface area contributed by atoms with Crippen LogP contribution in [0.25, 0.3) is 11.2 Å². The normalized spacial score (nSPS) is 14.6. The lowest BCUT2D eigenvalue weighted by molar-refractivity contribution is 0.410. The minimum absolute atomic E-state index is 0.141. The number of hydrogen-bond donors (Lipinski definition) is 2. The first-order valence-corrected chi connectivity index (χ1v) is 10.1. The van der Waals surface area contributed by atoms with Crippen molar-refractivity contribution in [3.8, 4) is 5.75 Å². The number of aryl methyl sites for hydroxylation is 1. The summed E-state index contributed by atoms with van der Waals surface area (Å²) in [6, 6.07) is 7.78. The zero-order valence-corrected chi connectivity index (χ0v) is 16.5. The number of hydrogen-bond acceptors (Lipinski definition) is 5. The molecule has 0 radical (unpaired) electrons. The Balaban J connectivity index is 1.67. The zero-order chi connectivity index (χ0) is 19.5. The fraction of sp³-hybridized carbons (Fsp3) is 0.476. The molecule has 1 aromatic carbocycles. The van der Waals surface area contributed by atoms with Crippen molar-refractivity contribution in [2.24, 2.45) is 0 Å². The maximum atomic E-state index is 12.8. The van der Waals surface area contributed by atoms with Crippen LogP contribution in [0.3, 0.4) is 0 Å². The second-order valence-corrected chi connectivity index (χ2v) is 7.36. The van der Waals surface area contributed by atoms with Gasteiger partial charge < -0.3 is 14.6 Å². The molecule has 4 rings (SSSR count). The number of rotatable bonds is 7. The first-order chi connectivity index (χ1) is 13.7. The number of aromatic amines is 1. The molecule has 0 unspecified atom stereocenters. The summed E-state index contributed by atoms with van der Waals surface area (Å²) in [4.78, 5) is 25.1. The van der Waals surface area contributed by atoms with E-state index in [1.165, 1.54) is 12.8 Å². The van der Waals surface area contributed by atoms with E-state index in [1.807, 2.05) is 24.3 Å². The van der Waals surface area contributed by atoms with E-state index in [2.05, 4.69) is 26.8 Å². The highest BCUT2D eigenvalue weighted by Crippen LogP contribution is 2.34. The van der Waals surface area contributed by atoms with Crippen LogP contribution >= 0.6 is 0 Å². The van der Waals surface area contributed by atoms with E-state index in [1.54, 1.807) is 7.11 Å². The smallest absolute Gasteiger partial charge is 0.278 e. The van der Waals surface area contributed by atoms with E-state index in [-0.39, 0.29) is 5.56 Å². The zero-order valence-electron chi connectivity index (χ0n) is 16.5. The van der Waals surface area contributed by atoms with Crippen molar-refractivity contribution in [1.29, 1.82) is 0 Å². The Morgan fingerprint density at radius 2 is 2.04 bits per heavy atom. The molecule has 0 bridgehead atoms. The van der Waals surface area contributed by atoms with E-state index in [9.17, 15) is 4.79 Å². The number of fused-ring (bicyclic) bond motifs is 1. The Labute approximate surface area is 164 Å². The van der Waals surface area contributed by atoms with Crippen LogP contribution < -0.4 is 15.6 Å². The molecule has 2 aromatic heterocycles. The summed E-state index contributed by atoms with van der Waals surface area (Å²) < 4.78 is 7.47. The molecule has 0 amide bonds. The second-order valence-electron chi connectivity index (χ2n) is 7.36. The van der Waals surface area contributed by atoms with E-state index >= 15 is 0 Å². The van der Waals surface area contributed by atoms with Gasteiger partial charge >= 0.3 is 0 Å². The maximum absolute atomic E-state index is 12.8. The number of nitrogens with one attached hydrogen (secondary N) is 2. The number of H-pyrrole nitrogens is 1. The third-order valence-corrected chi connectivity index (χ3v) is 5.45. The number of benzene rings is 1. The topological polar surface area (TPSA) is 84.8 Å². The average molecular weight is 381 g/mol. The molecule has 148 valence electrons. The number of methoxy groups -OCH3 is 1. The molecule has 7 nitrogen and oxygen atoms in total. The maximum Gasteiger partial charge on any atom is 0.278 e. The lowest BCUT2D eigenvalue weighted by atomic mass is 10.1. The molecule has 0 spiro atoms. The Morgan fingerprint density at radius 1 is 1.25 bits per heavy atom. The quantitative estimate of drug-likeness (QED) is 0.650. The number of nitrogens with zero attached hydrogens (tertiary/aromatic N) is 3. The molecule has 1 fully saturated rings. The molecule has 0 saturated heterocycles. The Morgan fingerprint density at radius 3 is 2.79 bits per heavy atom. The second kappa shape index (κ2) is 8.04. The van der Waals surface area contributed by atoms with E-state index in [0.717, 1.165) is 42.9 Å². The molecule has 2 N–H and O–H groups in total. The van der Waals surface area contributed by atoms with E-state index < -0.39 is 0 Å². The SMILES string of the molecule is CCCn1c(C2CCCC2)nc2nc(NCc3ccccc3OC)[nH]c(=O)c21. The number of anilines is 1. The lowest BCUT2D eigenvalue weighted by Gasteiger charge is -2.12. The van der Waals surface area contributed by atoms with Gasteiger partial charge in [0.2, 0.25) is 5.95 Å². The molecule has 3 aromatic rings. The Hall–Kier alpha value is -2.83. The highest BCUT2D eigenvalue weighted by atomic mass is 16.5. The summed E-state index contributed by atoms with van der Waals surface area (Å²) in [5.41, 5.74) is 1.97. The summed E-state index contributed by atoms with van der Waals surface area (Å²) in [7, 11) is 1.65. The van der Waals surface area contributed by atoms with Crippen molar-refractivity contribution in [2.75, 3.05) is 12.4 Å². The van der Waals surface area contributed by atoms with Gasteiger partial charge in [-0.05, 0) is 25.3 Å². The van der Waals surface area contributed by atoms with Gasteiger partial charge in [-0.25, -0.2) is 4.98 Å². The largest absolute Gasteiger partial charge is 0.496 e. The van der Waals surface area contributed by atoms with Gasteiger partial charge in [0.15, 0.2) is 11.2 Å². The van der Waals surface area contributed by atoms with Crippen LogP contribution in [-0.4, -0.2) is 26.6 Å². The van der Waals surface area contributed by atoms with Crippen LogP contribution in [0, 0.1) is 0 Å². The van der Waals surface area contributed by atoms with Crippen molar-refractivity contribution in [3.05, 3.63) is 46.0 Å². The summed E-state index contributed by atoms with van der Waals surface area (Å²) in [5.74, 6) is 2.69. The van der Waals surface area contributed by atoms with Gasteiger partial charge in [-0.15, -0.1) is 0 Å². The van der Waals surface area contributed by atoms with Gasteiger partial charge in [-0.3, -0.25) is 9.78 Å². The van der Waals surface area contributed by atoms with Crippen molar-refractivity contribution >= 4 is 17.1 Å². The minimum atomic E-state index is -0.141. The number of aromatic nitrogens is 4. The van der Waals surface area contributed by atoms with Gasteiger partial charge in [-0.2, -0.15) is 4.98 Å². The first kappa shape index (κ1) is 18.5. The van der Waals surface area contributed by atoms with Crippen molar-refractivity contribution in [3.63, 3.8) is 0 Å². The molecular weight excluding hydrogens is 354 g/mol. The van der Waals surface area contributed by atoms with E-state index in [0.29, 0.717) is 29.6 Å². The van der Waals surface area contributed by atoms with Crippen LogP contribution in [0.2, 0.25) is 0 Å². The summed E-state index contributed by atoms with van der Waals surface area (Å²) in [6.45, 7) is 3.42. The summed E-state index contributed by atoms with van der Waals surface area (Å²) in [6.07, 6.45) is 5.71. The Bertz CT molecular complexity index is 1020. The molecule has 28 heavy (non-hydrogen) atoms. The highest BCUT2D eigenvalue weighted by Gasteiger charge is 2.25. The molecular formula is C21H27N5O2. The fourth-order valence-electron chi connectivity index (χ4n) is 4.12. The van der Waals surface area contributed by atoms with E-state index in [4.69, 9.17) is 9.72 Å². The number of imidazole rings is 1. The third-order valence-electron chi connectivity index (χ3n) is 5.45. The Kier molecular flexibility index (Phi) is 5.32. The number of ether oxygens (including phenoxy) is 1. The van der Waals surface area contributed by atoms with Gasteiger partial charge in [0, 0.05) is 24.6 Å². The summed E-state index contributed by atoms with van der Waals surface area (Å²) >= 11 is 0. The monoisotopic (exact) mass is 381 g/mol. The van der Waals surface area contributed by atoms with Crippen LogP contribution in [0.15, 0.2) is 29.1 Å². The van der Waals surface area contributed by atoms with Crippen LogP contribution in [-0.2, 0) is 13.1 Å². The third kappa shape index (κ3) is 3.48. The number of para-hydroxylation sites is 1. The van der Waals surface area contributed by atoms with Gasteiger partial charge in [-0.1, -0.05) is 38.0 Å². The summed E-state index contributed by atoms with van der Waals surface area (Å²) in [5, 5.41) is 3.20. The van der Waals surface area contributed by atoms with Crippen molar-refractivity contribution in [2.45, 2.75) is 58.0 Å². The van der Waals surface area contributed by atoms with Crippen LogP contribution in [0.4, 0.5) is 5.95 Å². The molecule has 7 heteroatoms. The van der Waals surface area contributed by atoms with Crippen molar-refractivity contribution < 1.29 is 4.74 Å². The standard InChI is InChI=1S/C21H27N5O2/c1-3-12-26-17-18(23-19(26)14-8-4-5-9-14)24-21(25-20(17)27)22-13-15-10-6-7-11-16(15)28-2/h6-7,10-11,14H,3-5,8-9,12-13H2,1-2H3,(H2,22,24,25,27). The highest BCUT2D eigenvalue weighted by molar-refractivity contribution is 5.72. The predicted octanol–water partition coefficient (Wildman–Crippen LogP) is 3.81. The minimum Gasteiger partial charge on any atom is -0.496 e.